The number of ketones is 1. The predicted molar refractivity (Wildman–Crippen MR) is 64.1 cm³/mol. The van der Waals surface area contributed by atoms with Crippen LogP contribution in [0.2, 0.25) is 0 Å². The lowest BCUT2D eigenvalue weighted by molar-refractivity contribution is -0.139. The number of hydrogen-bond donors (Lipinski definition) is 0. The Labute approximate surface area is 99.6 Å². The molecular weight excluding hydrogens is 218 g/mol. The molecule has 0 unspecified atom stereocenters. The summed E-state index contributed by atoms with van der Waals surface area (Å²) in [5, 5.41) is 0. The molecule has 0 aromatic carbocycles. The van der Waals surface area contributed by atoms with E-state index in [4.69, 9.17) is 4.74 Å². The molecule has 0 saturated heterocycles. The van der Waals surface area contributed by atoms with E-state index in [2.05, 4.69) is 11.6 Å². The second-order valence-corrected chi connectivity index (χ2v) is 3.26. The molecule has 0 aliphatic rings. The first kappa shape index (κ1) is 12.8. The summed E-state index contributed by atoms with van der Waals surface area (Å²) in [4.78, 5) is 26.9. The van der Waals surface area contributed by atoms with E-state index < -0.39 is 5.97 Å². The summed E-state index contributed by atoms with van der Waals surface area (Å²) in [5.41, 5.74) is 0.513. The molecule has 0 aliphatic heterocycles. The van der Waals surface area contributed by atoms with Crippen LogP contribution >= 0.6 is 0 Å². The zero-order valence-corrected chi connectivity index (χ0v) is 9.55. The van der Waals surface area contributed by atoms with Gasteiger partial charge >= 0.3 is 5.97 Å². The average Bonchev–Trinajstić information content (AvgIpc) is 2.34. The molecule has 0 N–H and O–H groups in total. The van der Waals surface area contributed by atoms with Crippen molar-refractivity contribution in [1.82, 2.24) is 4.98 Å². The minimum Gasteiger partial charge on any atom is -0.458 e. The summed E-state index contributed by atoms with van der Waals surface area (Å²) in [7, 11) is 0. The van der Waals surface area contributed by atoms with Crippen LogP contribution in [-0.2, 0) is 14.3 Å². The smallest absolute Gasteiger partial charge is 0.342 e. The molecular formula is C13H13NO3. The van der Waals surface area contributed by atoms with Crippen molar-refractivity contribution in [1.29, 1.82) is 0 Å². The molecule has 4 heteroatoms. The van der Waals surface area contributed by atoms with Gasteiger partial charge in [0.05, 0.1) is 5.69 Å². The van der Waals surface area contributed by atoms with Crippen LogP contribution in [0.5, 0.6) is 0 Å². The Morgan fingerprint density at radius 2 is 2.24 bits per heavy atom. The van der Waals surface area contributed by atoms with E-state index in [1.165, 1.54) is 19.1 Å². The van der Waals surface area contributed by atoms with Crippen LogP contribution < -0.4 is 0 Å². The highest BCUT2D eigenvalue weighted by molar-refractivity contribution is 6.19. The Morgan fingerprint density at radius 3 is 2.76 bits per heavy atom. The van der Waals surface area contributed by atoms with Crippen LogP contribution in [0, 0.1) is 0 Å². The van der Waals surface area contributed by atoms with Crippen LogP contribution in [0.1, 0.15) is 12.6 Å². The van der Waals surface area contributed by atoms with E-state index in [1.54, 1.807) is 24.4 Å². The van der Waals surface area contributed by atoms with Crippen molar-refractivity contribution in [2.75, 3.05) is 6.61 Å². The molecule has 0 spiro atoms. The monoisotopic (exact) mass is 231 g/mol. The molecule has 17 heavy (non-hydrogen) atoms. The van der Waals surface area contributed by atoms with Crippen LogP contribution in [0.4, 0.5) is 0 Å². The molecule has 1 rings (SSSR count). The minimum absolute atomic E-state index is 0.0226. The number of Topliss-reactive ketones (excluding diaryl/α,β-unsaturated/α-hetero) is 1. The Bertz CT molecular complexity index is 449. The van der Waals surface area contributed by atoms with Crippen molar-refractivity contribution in [3.63, 3.8) is 0 Å². The van der Waals surface area contributed by atoms with Crippen molar-refractivity contribution < 1.29 is 14.3 Å². The molecule has 0 aliphatic carbocycles. The lowest BCUT2D eigenvalue weighted by atomic mass is 10.1. The predicted octanol–water partition coefficient (Wildman–Crippen LogP) is 1.78. The molecule has 0 saturated carbocycles. The summed E-state index contributed by atoms with van der Waals surface area (Å²) in [6.45, 7) is 4.81. The first-order valence-corrected chi connectivity index (χ1v) is 5.07. The van der Waals surface area contributed by atoms with Gasteiger partial charge in [-0.05, 0) is 25.1 Å². The van der Waals surface area contributed by atoms with Gasteiger partial charge in [0.25, 0.3) is 0 Å². The number of nitrogens with zero attached hydrogens (tertiary/aromatic N) is 1. The number of ether oxygens (including phenoxy) is 1. The summed E-state index contributed by atoms with van der Waals surface area (Å²) < 4.78 is 4.81. The molecule has 0 bridgehead atoms. The molecule has 88 valence electrons. The second-order valence-electron chi connectivity index (χ2n) is 3.26. The van der Waals surface area contributed by atoms with Gasteiger partial charge in [0, 0.05) is 6.20 Å². The second kappa shape index (κ2) is 6.37. The van der Waals surface area contributed by atoms with Gasteiger partial charge in [-0.2, -0.15) is 0 Å². The molecule has 1 aromatic heterocycles. The van der Waals surface area contributed by atoms with E-state index in [0.717, 1.165) is 0 Å². The molecule has 1 heterocycles. The van der Waals surface area contributed by atoms with Gasteiger partial charge in [-0.3, -0.25) is 9.78 Å². The zero-order valence-electron chi connectivity index (χ0n) is 9.55. The van der Waals surface area contributed by atoms with Crippen molar-refractivity contribution in [2.45, 2.75) is 6.92 Å². The third-order valence-corrected chi connectivity index (χ3v) is 1.91. The number of esters is 1. The van der Waals surface area contributed by atoms with Gasteiger partial charge < -0.3 is 4.74 Å². The van der Waals surface area contributed by atoms with E-state index >= 15 is 0 Å². The van der Waals surface area contributed by atoms with Crippen LogP contribution in [-0.4, -0.2) is 23.3 Å². The Kier molecular flexibility index (Phi) is 4.81. The fourth-order valence-electron chi connectivity index (χ4n) is 1.13. The maximum absolute atomic E-state index is 11.6. The number of pyridine rings is 1. The van der Waals surface area contributed by atoms with Gasteiger partial charge in [0.1, 0.15) is 12.2 Å². The van der Waals surface area contributed by atoms with E-state index in [0.29, 0.717) is 5.69 Å². The third kappa shape index (κ3) is 4.03. The highest BCUT2D eigenvalue weighted by Crippen LogP contribution is 2.07. The van der Waals surface area contributed by atoms with Crippen LogP contribution in [0.15, 0.2) is 42.6 Å². The molecule has 0 radical (unpaired) electrons. The van der Waals surface area contributed by atoms with Gasteiger partial charge in [0.15, 0.2) is 5.78 Å². The Morgan fingerprint density at radius 1 is 1.47 bits per heavy atom. The van der Waals surface area contributed by atoms with Gasteiger partial charge in [-0.15, -0.1) is 0 Å². The molecule has 0 amide bonds. The fourth-order valence-corrected chi connectivity index (χ4v) is 1.13. The van der Waals surface area contributed by atoms with Crippen molar-refractivity contribution in [3.05, 3.63) is 48.3 Å². The average molecular weight is 231 g/mol. The highest BCUT2D eigenvalue weighted by atomic mass is 16.5. The zero-order chi connectivity index (χ0) is 12.7. The molecule has 1 aromatic rings. The number of rotatable bonds is 5. The Balaban J connectivity index is 2.93. The van der Waals surface area contributed by atoms with E-state index in [-0.39, 0.29) is 18.0 Å². The summed E-state index contributed by atoms with van der Waals surface area (Å²) in [6.07, 6.45) is 4.43. The first-order chi connectivity index (χ1) is 8.15. The summed E-state index contributed by atoms with van der Waals surface area (Å²) >= 11 is 0. The van der Waals surface area contributed by atoms with Crippen LogP contribution in [0.3, 0.4) is 0 Å². The molecule has 0 fully saturated rings. The van der Waals surface area contributed by atoms with Crippen LogP contribution in [0.25, 0.3) is 6.08 Å². The maximum atomic E-state index is 11.6. The number of carbonyl (C=O) groups excluding carboxylic acids is 2. The van der Waals surface area contributed by atoms with Crippen molar-refractivity contribution in [2.24, 2.45) is 0 Å². The number of carbonyl (C=O) groups is 2. The highest BCUT2D eigenvalue weighted by Gasteiger charge is 2.15. The van der Waals surface area contributed by atoms with Crippen molar-refractivity contribution in [3.8, 4) is 0 Å². The SMILES string of the molecule is C=CCOC(=O)/C(=C\c1ccccn1)C(C)=O. The normalized spacial score (nSPS) is 10.8. The number of hydrogen-bond acceptors (Lipinski definition) is 4. The largest absolute Gasteiger partial charge is 0.458 e. The fraction of sp³-hybridized carbons (Fsp3) is 0.154. The Hall–Kier alpha value is -2.23. The lowest BCUT2D eigenvalue weighted by Crippen LogP contribution is -2.13. The standard InChI is InChI=1S/C13H13NO3/c1-3-8-17-13(16)12(10(2)15)9-11-6-4-5-7-14-11/h3-7,9H,1,8H2,2H3/b12-9-. The quantitative estimate of drug-likeness (QED) is 0.255. The van der Waals surface area contributed by atoms with Gasteiger partial charge in [-0.25, -0.2) is 4.79 Å². The van der Waals surface area contributed by atoms with Gasteiger partial charge in [0.2, 0.25) is 0 Å². The topological polar surface area (TPSA) is 56.3 Å². The summed E-state index contributed by atoms with van der Waals surface area (Å²) in [6, 6.07) is 5.22. The summed E-state index contributed by atoms with van der Waals surface area (Å²) in [5.74, 6) is -1.02. The molecule has 0 atom stereocenters. The first-order valence-electron chi connectivity index (χ1n) is 5.07. The third-order valence-electron chi connectivity index (χ3n) is 1.91. The van der Waals surface area contributed by atoms with E-state index in [9.17, 15) is 9.59 Å². The maximum Gasteiger partial charge on any atom is 0.342 e. The number of aromatic nitrogens is 1. The lowest BCUT2D eigenvalue weighted by Gasteiger charge is -2.03. The van der Waals surface area contributed by atoms with Gasteiger partial charge in [-0.1, -0.05) is 18.7 Å². The molecule has 4 nitrogen and oxygen atoms in total. The van der Waals surface area contributed by atoms with Crippen molar-refractivity contribution >= 4 is 17.8 Å². The van der Waals surface area contributed by atoms with E-state index in [1.807, 2.05) is 0 Å². The minimum atomic E-state index is -0.664.